The number of ketones is 1. The highest BCUT2D eigenvalue weighted by Gasteiger charge is 2.30. The SMILES string of the molecule is COc1ccccc1/C=C1\Oc2c(ccc(OCc3cc(C)ccc3C)c2C)C1=O. The van der Waals surface area contributed by atoms with Crippen molar-refractivity contribution >= 4 is 11.9 Å². The summed E-state index contributed by atoms with van der Waals surface area (Å²) in [5, 5.41) is 0. The van der Waals surface area contributed by atoms with Crippen molar-refractivity contribution in [2.24, 2.45) is 0 Å². The molecule has 30 heavy (non-hydrogen) atoms. The number of carbonyl (C=O) groups is 1. The van der Waals surface area contributed by atoms with Gasteiger partial charge in [0.05, 0.1) is 12.7 Å². The number of allylic oxidation sites excluding steroid dienone is 1. The molecule has 1 heterocycles. The minimum atomic E-state index is -0.139. The van der Waals surface area contributed by atoms with Crippen LogP contribution in [0.5, 0.6) is 17.2 Å². The lowest BCUT2D eigenvalue weighted by Crippen LogP contribution is -2.00. The Hall–Kier alpha value is -3.53. The first-order valence-corrected chi connectivity index (χ1v) is 9.87. The highest BCUT2D eigenvalue weighted by atomic mass is 16.5. The van der Waals surface area contributed by atoms with Crippen molar-refractivity contribution in [3.05, 3.63) is 93.7 Å². The van der Waals surface area contributed by atoms with Crippen LogP contribution in [0.2, 0.25) is 0 Å². The molecule has 4 heteroatoms. The molecule has 1 aliphatic rings. The zero-order valence-electron chi connectivity index (χ0n) is 17.6. The van der Waals surface area contributed by atoms with E-state index in [1.165, 1.54) is 11.1 Å². The standard InChI is InChI=1S/C26H24O4/c1-16-9-10-17(2)20(13-16)15-29-22-12-11-21-25(27)24(30-26(21)18(22)3)14-19-7-5-6-8-23(19)28-4/h5-14H,15H2,1-4H3/b24-14-. The Morgan fingerprint density at radius 3 is 2.57 bits per heavy atom. The summed E-state index contributed by atoms with van der Waals surface area (Å²) in [4.78, 5) is 12.9. The molecule has 152 valence electrons. The topological polar surface area (TPSA) is 44.8 Å². The smallest absolute Gasteiger partial charge is 0.231 e. The predicted octanol–water partition coefficient (Wildman–Crippen LogP) is 5.82. The van der Waals surface area contributed by atoms with Gasteiger partial charge in [0.15, 0.2) is 5.76 Å². The summed E-state index contributed by atoms with van der Waals surface area (Å²) in [5.74, 6) is 2.09. The maximum absolute atomic E-state index is 12.9. The Bertz CT molecular complexity index is 1160. The zero-order chi connectivity index (χ0) is 21.3. The number of Topliss-reactive ketones (excluding diaryl/α,β-unsaturated/α-hetero) is 1. The van der Waals surface area contributed by atoms with Crippen molar-refractivity contribution in [2.75, 3.05) is 7.11 Å². The first-order valence-electron chi connectivity index (χ1n) is 9.87. The highest BCUT2D eigenvalue weighted by Crippen LogP contribution is 2.40. The number of methoxy groups -OCH3 is 1. The van der Waals surface area contributed by atoms with Gasteiger partial charge in [-0.15, -0.1) is 0 Å². The van der Waals surface area contributed by atoms with Crippen molar-refractivity contribution in [3.8, 4) is 17.2 Å². The fourth-order valence-electron chi connectivity index (χ4n) is 3.56. The largest absolute Gasteiger partial charge is 0.496 e. The minimum absolute atomic E-state index is 0.139. The van der Waals surface area contributed by atoms with Gasteiger partial charge in [0, 0.05) is 11.1 Å². The average molecular weight is 400 g/mol. The van der Waals surface area contributed by atoms with E-state index < -0.39 is 0 Å². The fraction of sp³-hybridized carbons (Fsp3) is 0.192. The molecule has 3 aromatic rings. The molecule has 0 aliphatic carbocycles. The number of benzene rings is 3. The van der Waals surface area contributed by atoms with Crippen LogP contribution in [0.4, 0.5) is 0 Å². The molecule has 0 bridgehead atoms. The fourth-order valence-corrected chi connectivity index (χ4v) is 3.56. The van der Waals surface area contributed by atoms with Crippen LogP contribution in [0, 0.1) is 20.8 Å². The Morgan fingerprint density at radius 2 is 1.77 bits per heavy atom. The van der Waals surface area contributed by atoms with E-state index in [-0.39, 0.29) is 11.5 Å². The Morgan fingerprint density at radius 1 is 0.967 bits per heavy atom. The molecule has 0 amide bonds. The van der Waals surface area contributed by atoms with E-state index in [0.717, 1.165) is 16.7 Å². The van der Waals surface area contributed by atoms with Crippen LogP contribution in [0.25, 0.3) is 6.08 Å². The molecule has 0 fully saturated rings. The molecule has 0 spiro atoms. The summed E-state index contributed by atoms with van der Waals surface area (Å²) >= 11 is 0. The lowest BCUT2D eigenvalue weighted by Gasteiger charge is -2.13. The number of para-hydroxylation sites is 1. The summed E-state index contributed by atoms with van der Waals surface area (Å²) in [6.07, 6.45) is 1.72. The lowest BCUT2D eigenvalue weighted by atomic mass is 10.0. The molecule has 0 aromatic heterocycles. The van der Waals surface area contributed by atoms with Gasteiger partial charge < -0.3 is 14.2 Å². The number of carbonyl (C=O) groups excluding carboxylic acids is 1. The molecule has 3 aromatic carbocycles. The van der Waals surface area contributed by atoms with Crippen molar-refractivity contribution in [1.29, 1.82) is 0 Å². The van der Waals surface area contributed by atoms with E-state index in [9.17, 15) is 4.79 Å². The van der Waals surface area contributed by atoms with Gasteiger partial charge in [0.25, 0.3) is 0 Å². The van der Waals surface area contributed by atoms with Crippen LogP contribution < -0.4 is 14.2 Å². The molecular weight excluding hydrogens is 376 g/mol. The molecule has 4 nitrogen and oxygen atoms in total. The van der Waals surface area contributed by atoms with Gasteiger partial charge in [0.1, 0.15) is 23.9 Å². The average Bonchev–Trinajstić information content (AvgIpc) is 3.06. The molecule has 4 rings (SSSR count). The molecule has 0 saturated carbocycles. The third-order valence-corrected chi connectivity index (χ3v) is 5.35. The summed E-state index contributed by atoms with van der Waals surface area (Å²) in [5.41, 5.74) is 5.68. The van der Waals surface area contributed by atoms with Gasteiger partial charge in [0.2, 0.25) is 5.78 Å². The number of aryl methyl sites for hydroxylation is 2. The molecule has 0 radical (unpaired) electrons. The first kappa shape index (κ1) is 19.8. The Balaban J connectivity index is 1.60. The quantitative estimate of drug-likeness (QED) is 0.507. The van der Waals surface area contributed by atoms with Crippen LogP contribution in [0.15, 0.2) is 60.4 Å². The van der Waals surface area contributed by atoms with E-state index >= 15 is 0 Å². The van der Waals surface area contributed by atoms with Crippen molar-refractivity contribution < 1.29 is 19.0 Å². The third-order valence-electron chi connectivity index (χ3n) is 5.35. The van der Waals surface area contributed by atoms with Gasteiger partial charge in [-0.2, -0.15) is 0 Å². The summed E-state index contributed by atoms with van der Waals surface area (Å²) < 4.78 is 17.4. The monoisotopic (exact) mass is 400 g/mol. The molecule has 0 saturated heterocycles. The molecular formula is C26H24O4. The molecule has 0 atom stereocenters. The minimum Gasteiger partial charge on any atom is -0.496 e. The van der Waals surface area contributed by atoms with Crippen LogP contribution in [-0.4, -0.2) is 12.9 Å². The maximum atomic E-state index is 12.9. The second-order valence-corrected chi connectivity index (χ2v) is 7.47. The Kier molecular flexibility index (Phi) is 5.32. The van der Waals surface area contributed by atoms with Crippen molar-refractivity contribution in [2.45, 2.75) is 27.4 Å². The number of ether oxygens (including phenoxy) is 3. The predicted molar refractivity (Wildman–Crippen MR) is 117 cm³/mol. The van der Waals surface area contributed by atoms with E-state index in [4.69, 9.17) is 14.2 Å². The number of hydrogen-bond donors (Lipinski definition) is 0. The van der Waals surface area contributed by atoms with Crippen LogP contribution in [-0.2, 0) is 6.61 Å². The van der Waals surface area contributed by atoms with Crippen molar-refractivity contribution in [3.63, 3.8) is 0 Å². The Labute approximate surface area is 176 Å². The van der Waals surface area contributed by atoms with Crippen molar-refractivity contribution in [1.82, 2.24) is 0 Å². The second-order valence-electron chi connectivity index (χ2n) is 7.47. The normalized spacial score (nSPS) is 13.9. The van der Waals surface area contributed by atoms with Gasteiger partial charge in [-0.3, -0.25) is 4.79 Å². The summed E-state index contributed by atoms with van der Waals surface area (Å²) in [6, 6.07) is 17.4. The number of hydrogen-bond acceptors (Lipinski definition) is 4. The maximum Gasteiger partial charge on any atom is 0.231 e. The molecule has 0 unspecified atom stereocenters. The van der Waals surface area contributed by atoms with Gasteiger partial charge in [-0.1, -0.05) is 42.0 Å². The number of fused-ring (bicyclic) bond motifs is 1. The molecule has 0 N–H and O–H groups in total. The van der Waals surface area contributed by atoms with Crippen LogP contribution in [0.3, 0.4) is 0 Å². The lowest BCUT2D eigenvalue weighted by molar-refractivity contribution is 0.101. The molecule has 1 aliphatic heterocycles. The third kappa shape index (κ3) is 3.69. The zero-order valence-corrected chi connectivity index (χ0v) is 17.6. The summed E-state index contributed by atoms with van der Waals surface area (Å²) in [7, 11) is 1.60. The van der Waals surface area contributed by atoms with Gasteiger partial charge >= 0.3 is 0 Å². The van der Waals surface area contributed by atoms with E-state index in [1.807, 2.05) is 37.3 Å². The van der Waals surface area contributed by atoms with E-state index in [2.05, 4.69) is 32.0 Å². The number of rotatable bonds is 5. The van der Waals surface area contributed by atoms with Crippen LogP contribution in [0.1, 0.15) is 38.2 Å². The summed E-state index contributed by atoms with van der Waals surface area (Å²) in [6.45, 7) is 6.52. The highest BCUT2D eigenvalue weighted by molar-refractivity contribution is 6.15. The van der Waals surface area contributed by atoms with E-state index in [0.29, 0.717) is 29.4 Å². The van der Waals surface area contributed by atoms with E-state index in [1.54, 1.807) is 19.3 Å². The second kappa shape index (κ2) is 8.07. The van der Waals surface area contributed by atoms with Crippen LogP contribution >= 0.6 is 0 Å². The van der Waals surface area contributed by atoms with Gasteiger partial charge in [-0.05, 0) is 56.2 Å². The van der Waals surface area contributed by atoms with Gasteiger partial charge in [-0.25, -0.2) is 0 Å². The first-order chi connectivity index (χ1) is 14.5.